The third-order valence-electron chi connectivity index (χ3n) is 5.44. The number of thioether (sulfide) groups is 1. The lowest BCUT2D eigenvalue weighted by Gasteiger charge is -2.36. The molecule has 1 amide bonds. The van der Waals surface area contributed by atoms with Crippen LogP contribution in [0, 0.1) is 0 Å². The summed E-state index contributed by atoms with van der Waals surface area (Å²) in [5, 5.41) is 7.40. The largest absolute Gasteiger partial charge is 0.368 e. The number of nitrogens with one attached hydrogen (secondary N) is 2. The van der Waals surface area contributed by atoms with Gasteiger partial charge in [-0.15, -0.1) is 0 Å². The summed E-state index contributed by atoms with van der Waals surface area (Å²) in [7, 11) is 1.76. The molecule has 1 aromatic carbocycles. The first kappa shape index (κ1) is 19.9. The normalized spacial score (nSPS) is 23.4. The molecule has 1 heterocycles. The van der Waals surface area contributed by atoms with E-state index < -0.39 is 0 Å². The highest BCUT2D eigenvalue weighted by molar-refractivity contribution is 7.99. The van der Waals surface area contributed by atoms with Crippen molar-refractivity contribution in [2.75, 3.05) is 50.9 Å². The second-order valence-corrected chi connectivity index (χ2v) is 8.28. The Labute approximate surface area is 166 Å². The Bertz CT molecular complexity index is 631. The number of piperazine rings is 1. The topological polar surface area (TPSA) is 60.0 Å². The smallest absolute Gasteiger partial charge is 0.242 e. The third kappa shape index (κ3) is 5.54. The summed E-state index contributed by atoms with van der Waals surface area (Å²) >= 11 is 1.94. The SMILES string of the molecule is CN=C(NCC(=O)N1CCN(c2ccccc2)CC1)NC1CCC(SC)C1. The van der Waals surface area contributed by atoms with Gasteiger partial charge in [0.1, 0.15) is 0 Å². The summed E-state index contributed by atoms with van der Waals surface area (Å²) in [5.74, 6) is 0.872. The molecule has 148 valence electrons. The van der Waals surface area contributed by atoms with E-state index in [9.17, 15) is 4.79 Å². The van der Waals surface area contributed by atoms with E-state index in [0.717, 1.165) is 43.8 Å². The van der Waals surface area contributed by atoms with Gasteiger partial charge in [0.05, 0.1) is 6.54 Å². The van der Waals surface area contributed by atoms with E-state index in [0.29, 0.717) is 12.6 Å². The van der Waals surface area contributed by atoms with Crippen LogP contribution >= 0.6 is 11.8 Å². The number of amides is 1. The lowest BCUT2D eigenvalue weighted by molar-refractivity contribution is -0.130. The first-order chi connectivity index (χ1) is 13.2. The van der Waals surface area contributed by atoms with Crippen molar-refractivity contribution in [2.24, 2.45) is 4.99 Å². The van der Waals surface area contributed by atoms with E-state index in [2.05, 4.69) is 51.0 Å². The molecule has 6 nitrogen and oxygen atoms in total. The van der Waals surface area contributed by atoms with Crippen molar-refractivity contribution in [3.63, 3.8) is 0 Å². The maximum Gasteiger partial charge on any atom is 0.242 e. The zero-order valence-electron chi connectivity index (χ0n) is 16.4. The first-order valence-electron chi connectivity index (χ1n) is 9.77. The van der Waals surface area contributed by atoms with Crippen LogP contribution in [-0.2, 0) is 4.79 Å². The van der Waals surface area contributed by atoms with E-state index in [1.54, 1.807) is 7.05 Å². The minimum atomic E-state index is 0.138. The molecule has 2 atom stereocenters. The molecule has 0 bridgehead atoms. The summed E-state index contributed by atoms with van der Waals surface area (Å²) in [6.45, 7) is 3.57. The molecule has 1 saturated heterocycles. The lowest BCUT2D eigenvalue weighted by atomic mass is 10.2. The van der Waals surface area contributed by atoms with E-state index in [1.807, 2.05) is 22.7 Å². The Balaban J connectivity index is 1.40. The van der Waals surface area contributed by atoms with E-state index in [4.69, 9.17) is 0 Å². The molecule has 2 N–H and O–H groups in total. The number of guanidine groups is 1. The number of carbonyl (C=O) groups excluding carboxylic acids is 1. The van der Waals surface area contributed by atoms with E-state index >= 15 is 0 Å². The van der Waals surface area contributed by atoms with Gasteiger partial charge in [-0.2, -0.15) is 11.8 Å². The van der Waals surface area contributed by atoms with Gasteiger partial charge < -0.3 is 20.4 Å². The number of aliphatic imine (C=N–C) groups is 1. The predicted octanol–water partition coefficient (Wildman–Crippen LogP) is 1.78. The highest BCUT2D eigenvalue weighted by atomic mass is 32.2. The molecule has 0 radical (unpaired) electrons. The Morgan fingerprint density at radius 2 is 1.93 bits per heavy atom. The molecular formula is C20H31N5OS. The molecule has 1 saturated carbocycles. The standard InChI is InChI=1S/C20H31N5OS/c1-21-20(23-16-8-9-18(14-16)27-2)22-15-19(26)25-12-10-24(11-13-25)17-6-4-3-5-7-17/h3-7,16,18H,8-15H2,1-2H3,(H2,21,22,23). The van der Waals surface area contributed by atoms with Gasteiger partial charge in [-0.3, -0.25) is 9.79 Å². The number of para-hydroxylation sites is 1. The average Bonchev–Trinajstić information content (AvgIpc) is 3.19. The van der Waals surface area contributed by atoms with Crippen LogP contribution in [0.5, 0.6) is 0 Å². The fourth-order valence-electron chi connectivity index (χ4n) is 3.80. The van der Waals surface area contributed by atoms with E-state index in [1.165, 1.54) is 18.5 Å². The van der Waals surface area contributed by atoms with Crippen molar-refractivity contribution in [1.29, 1.82) is 0 Å². The van der Waals surface area contributed by atoms with Crippen molar-refractivity contribution in [3.05, 3.63) is 30.3 Å². The highest BCUT2D eigenvalue weighted by Gasteiger charge is 2.25. The summed E-state index contributed by atoms with van der Waals surface area (Å²) in [5.41, 5.74) is 1.23. The van der Waals surface area contributed by atoms with Crippen LogP contribution in [0.25, 0.3) is 0 Å². The molecule has 27 heavy (non-hydrogen) atoms. The zero-order chi connectivity index (χ0) is 19.1. The monoisotopic (exact) mass is 389 g/mol. The molecule has 2 unspecified atom stereocenters. The number of hydrogen-bond donors (Lipinski definition) is 2. The quantitative estimate of drug-likeness (QED) is 0.594. The third-order valence-corrected chi connectivity index (χ3v) is 6.54. The summed E-state index contributed by atoms with van der Waals surface area (Å²) < 4.78 is 0. The van der Waals surface area contributed by atoms with E-state index in [-0.39, 0.29) is 5.91 Å². The predicted molar refractivity (Wildman–Crippen MR) is 115 cm³/mol. The number of nitrogens with zero attached hydrogens (tertiary/aromatic N) is 3. The van der Waals surface area contributed by atoms with Crippen molar-refractivity contribution >= 4 is 29.3 Å². The minimum absolute atomic E-state index is 0.138. The second-order valence-electron chi connectivity index (χ2n) is 7.14. The maximum atomic E-state index is 12.6. The lowest BCUT2D eigenvalue weighted by Crippen LogP contribution is -2.52. The van der Waals surface area contributed by atoms with Gasteiger partial charge >= 0.3 is 0 Å². The van der Waals surface area contributed by atoms with Gasteiger partial charge in [0.15, 0.2) is 5.96 Å². The van der Waals surface area contributed by atoms with Crippen LogP contribution in [0.2, 0.25) is 0 Å². The molecule has 1 aliphatic heterocycles. The van der Waals surface area contributed by atoms with Crippen LogP contribution in [0.3, 0.4) is 0 Å². The van der Waals surface area contributed by atoms with Crippen LogP contribution in [0.1, 0.15) is 19.3 Å². The number of hydrogen-bond acceptors (Lipinski definition) is 4. The molecule has 1 aromatic rings. The Kier molecular flexibility index (Phi) is 7.26. The molecule has 2 aliphatic rings. The average molecular weight is 390 g/mol. The Hall–Kier alpha value is -1.89. The van der Waals surface area contributed by atoms with Crippen LogP contribution in [0.15, 0.2) is 35.3 Å². The van der Waals surface area contributed by atoms with Gasteiger partial charge in [0.2, 0.25) is 5.91 Å². The molecule has 7 heteroatoms. The van der Waals surface area contributed by atoms with Crippen LogP contribution < -0.4 is 15.5 Å². The molecule has 3 rings (SSSR count). The maximum absolute atomic E-state index is 12.6. The number of carbonyl (C=O) groups is 1. The van der Waals surface area contributed by atoms with Crippen LogP contribution in [0.4, 0.5) is 5.69 Å². The summed E-state index contributed by atoms with van der Waals surface area (Å²) in [6.07, 6.45) is 5.76. The summed E-state index contributed by atoms with van der Waals surface area (Å²) in [6, 6.07) is 10.8. The first-order valence-corrected chi connectivity index (χ1v) is 11.1. The number of anilines is 1. The Morgan fingerprint density at radius 3 is 2.56 bits per heavy atom. The van der Waals surface area contributed by atoms with Crippen molar-refractivity contribution in [2.45, 2.75) is 30.6 Å². The number of rotatable bonds is 5. The van der Waals surface area contributed by atoms with Gasteiger partial charge in [0.25, 0.3) is 0 Å². The summed E-state index contributed by atoms with van der Waals surface area (Å²) in [4.78, 5) is 21.1. The fourth-order valence-corrected chi connectivity index (χ4v) is 4.59. The molecule has 2 fully saturated rings. The molecule has 1 aliphatic carbocycles. The minimum Gasteiger partial charge on any atom is -0.368 e. The number of benzene rings is 1. The Morgan fingerprint density at radius 1 is 1.19 bits per heavy atom. The molecule has 0 aromatic heterocycles. The van der Waals surface area contributed by atoms with Gasteiger partial charge in [-0.25, -0.2) is 0 Å². The van der Waals surface area contributed by atoms with Gasteiger partial charge in [-0.1, -0.05) is 18.2 Å². The van der Waals surface area contributed by atoms with Gasteiger partial charge in [0, 0.05) is 50.2 Å². The van der Waals surface area contributed by atoms with Crippen LogP contribution in [-0.4, -0.2) is 74.1 Å². The fraction of sp³-hybridized carbons (Fsp3) is 0.600. The second kappa shape index (κ2) is 9.88. The van der Waals surface area contributed by atoms with Crippen molar-refractivity contribution in [1.82, 2.24) is 15.5 Å². The zero-order valence-corrected chi connectivity index (χ0v) is 17.2. The van der Waals surface area contributed by atoms with Gasteiger partial charge in [-0.05, 0) is 37.7 Å². The molecular weight excluding hydrogens is 358 g/mol. The highest BCUT2D eigenvalue weighted by Crippen LogP contribution is 2.28. The van der Waals surface area contributed by atoms with Crippen molar-refractivity contribution in [3.8, 4) is 0 Å². The molecule has 0 spiro atoms. The van der Waals surface area contributed by atoms with Crippen molar-refractivity contribution < 1.29 is 4.79 Å².